The molecule has 0 aliphatic carbocycles. The molecule has 0 aromatic heterocycles. The number of carbonyl (C=O) groups excluding carboxylic acids is 2. The van der Waals surface area contributed by atoms with Gasteiger partial charge in [0.1, 0.15) is 12.4 Å². The van der Waals surface area contributed by atoms with Crippen LogP contribution in [0.3, 0.4) is 0 Å². The van der Waals surface area contributed by atoms with E-state index in [0.717, 1.165) is 10.5 Å². The monoisotopic (exact) mass is 268 g/mol. The number of rotatable bonds is 4. The van der Waals surface area contributed by atoms with Crippen LogP contribution < -0.4 is 15.5 Å². The van der Waals surface area contributed by atoms with E-state index in [4.69, 9.17) is 0 Å². The maximum Gasteiger partial charge on any atom is 0.321 e. The third-order valence-corrected chi connectivity index (χ3v) is 2.97. The summed E-state index contributed by atoms with van der Waals surface area (Å²) in [5.41, 5.74) is 0.803. The van der Waals surface area contributed by atoms with Gasteiger partial charge in [-0.15, -0.1) is 0 Å². The van der Waals surface area contributed by atoms with E-state index < -0.39 is 12.1 Å². The molecule has 19 heavy (non-hydrogen) atoms. The molecule has 1 unspecified atom stereocenters. The molecule has 2 atom stereocenters. The summed E-state index contributed by atoms with van der Waals surface area (Å²) in [5.74, 6) is -0.666. The van der Waals surface area contributed by atoms with Crippen molar-refractivity contribution in [1.82, 2.24) is 10.6 Å². The van der Waals surface area contributed by atoms with Crippen molar-refractivity contribution in [3.8, 4) is 0 Å². The van der Waals surface area contributed by atoms with Crippen LogP contribution in [0.2, 0.25) is 0 Å². The molecule has 0 aliphatic rings. The van der Waals surface area contributed by atoms with Gasteiger partial charge in [0.25, 0.3) is 5.91 Å². The van der Waals surface area contributed by atoms with E-state index in [1.165, 1.54) is 19.2 Å². The van der Waals surface area contributed by atoms with Crippen LogP contribution in [-0.2, 0) is 11.3 Å². The van der Waals surface area contributed by atoms with Crippen molar-refractivity contribution in [3.05, 3.63) is 35.6 Å². The topological polar surface area (TPSA) is 62.6 Å². The molecule has 1 aromatic rings. The quantitative estimate of drug-likeness (QED) is 0.701. The number of hydrogen-bond acceptors (Lipinski definition) is 2. The number of benzene rings is 1. The Morgan fingerprint density at radius 3 is 2.68 bits per heavy atom. The summed E-state index contributed by atoms with van der Waals surface area (Å²) in [6.45, 7) is 2.22. The summed E-state index contributed by atoms with van der Waals surface area (Å²) in [7, 11) is 3.26. The van der Waals surface area contributed by atoms with Crippen molar-refractivity contribution in [3.63, 3.8) is 0 Å². The molecule has 0 fully saturated rings. The zero-order valence-electron chi connectivity index (χ0n) is 11.3. The highest BCUT2D eigenvalue weighted by atomic mass is 19.1. The van der Waals surface area contributed by atoms with Crippen LogP contribution in [0.5, 0.6) is 0 Å². The molecule has 104 valence electrons. The van der Waals surface area contributed by atoms with Crippen molar-refractivity contribution < 1.29 is 18.9 Å². The largest absolute Gasteiger partial charge is 0.341 e. The molecule has 1 rings (SSSR count). The normalized spacial score (nSPS) is 13.5. The van der Waals surface area contributed by atoms with E-state index >= 15 is 0 Å². The lowest BCUT2D eigenvalue weighted by Gasteiger charge is -2.20. The minimum atomic E-state index is -0.532. The van der Waals surface area contributed by atoms with Gasteiger partial charge >= 0.3 is 6.03 Å². The molecule has 0 saturated carbocycles. The molecule has 3 amide bonds. The van der Waals surface area contributed by atoms with E-state index in [0.29, 0.717) is 6.54 Å². The molecular formula is C13H19FN3O2+. The van der Waals surface area contributed by atoms with Crippen LogP contribution in [0.25, 0.3) is 0 Å². The summed E-state index contributed by atoms with van der Waals surface area (Å²) in [6, 6.07) is 5.30. The standard InChI is InChI=1S/C13H18FN3O2/c1-9(12(18)16-13(19)15-2)17(3)8-10-5-4-6-11(14)7-10/h4-7,9H,8H2,1-3H3,(H2,15,16,18,19)/p+1/t9-/m0/s1. The van der Waals surface area contributed by atoms with Gasteiger partial charge in [0.05, 0.1) is 7.05 Å². The Morgan fingerprint density at radius 2 is 2.11 bits per heavy atom. The van der Waals surface area contributed by atoms with E-state index in [-0.39, 0.29) is 11.7 Å². The molecule has 6 heteroatoms. The number of nitrogens with one attached hydrogen (secondary N) is 3. The van der Waals surface area contributed by atoms with Gasteiger partial charge in [-0.05, 0) is 19.1 Å². The second-order valence-electron chi connectivity index (χ2n) is 4.44. The van der Waals surface area contributed by atoms with E-state index in [1.54, 1.807) is 19.1 Å². The fourth-order valence-electron chi connectivity index (χ4n) is 1.63. The van der Waals surface area contributed by atoms with Crippen LogP contribution in [0.1, 0.15) is 12.5 Å². The van der Waals surface area contributed by atoms with Crippen molar-refractivity contribution in [2.45, 2.75) is 19.5 Å². The summed E-state index contributed by atoms with van der Waals surface area (Å²) >= 11 is 0. The SMILES string of the molecule is CNC(=O)NC(=O)[C@H](C)[NH+](C)Cc1cccc(F)c1. The Morgan fingerprint density at radius 1 is 1.42 bits per heavy atom. The maximum atomic E-state index is 13.1. The Balaban J connectivity index is 2.59. The van der Waals surface area contributed by atoms with Gasteiger partial charge in [-0.25, -0.2) is 9.18 Å². The second-order valence-corrected chi connectivity index (χ2v) is 4.44. The second kappa shape index (κ2) is 6.84. The van der Waals surface area contributed by atoms with Gasteiger partial charge in [0.2, 0.25) is 0 Å². The average molecular weight is 268 g/mol. The number of hydrogen-bond donors (Lipinski definition) is 3. The third kappa shape index (κ3) is 4.67. The number of quaternary nitrogens is 1. The Bertz CT molecular complexity index is 465. The average Bonchev–Trinajstić information content (AvgIpc) is 2.37. The molecule has 3 N–H and O–H groups in total. The summed E-state index contributed by atoms with van der Waals surface area (Å²) in [4.78, 5) is 23.7. The third-order valence-electron chi connectivity index (χ3n) is 2.97. The molecule has 1 aromatic carbocycles. The molecule has 0 bridgehead atoms. The van der Waals surface area contributed by atoms with Gasteiger partial charge in [0, 0.05) is 12.6 Å². The first-order chi connectivity index (χ1) is 8.93. The fraction of sp³-hybridized carbons (Fsp3) is 0.385. The van der Waals surface area contributed by atoms with Gasteiger partial charge in [-0.1, -0.05) is 12.1 Å². The molecule has 0 spiro atoms. The highest BCUT2D eigenvalue weighted by Gasteiger charge is 2.23. The van der Waals surface area contributed by atoms with Gasteiger partial charge < -0.3 is 10.2 Å². The van der Waals surface area contributed by atoms with Gasteiger partial charge in [-0.3, -0.25) is 10.1 Å². The van der Waals surface area contributed by atoms with Crippen LogP contribution in [0, 0.1) is 5.82 Å². The fourth-order valence-corrected chi connectivity index (χ4v) is 1.63. The van der Waals surface area contributed by atoms with Crippen molar-refractivity contribution >= 4 is 11.9 Å². The number of likely N-dealkylation sites (N-methyl/N-ethyl adjacent to an activating group) is 1. The first-order valence-corrected chi connectivity index (χ1v) is 6.03. The lowest BCUT2D eigenvalue weighted by atomic mass is 10.2. The van der Waals surface area contributed by atoms with Gasteiger partial charge in [-0.2, -0.15) is 0 Å². The Labute approximate surface area is 111 Å². The highest BCUT2D eigenvalue weighted by molar-refractivity contribution is 5.96. The van der Waals surface area contributed by atoms with Crippen LogP contribution in [-0.4, -0.2) is 32.1 Å². The highest BCUT2D eigenvalue weighted by Crippen LogP contribution is 2.01. The molecule has 0 saturated heterocycles. The number of amides is 3. The molecule has 5 nitrogen and oxygen atoms in total. The molecular weight excluding hydrogens is 249 g/mol. The Kier molecular flexibility index (Phi) is 5.44. The predicted octanol–water partition coefficient (Wildman–Crippen LogP) is -0.315. The van der Waals surface area contributed by atoms with Crippen molar-refractivity contribution in [1.29, 1.82) is 0 Å². The number of halogens is 1. The Hall–Kier alpha value is -1.95. The van der Waals surface area contributed by atoms with Crippen LogP contribution in [0.15, 0.2) is 24.3 Å². The minimum Gasteiger partial charge on any atom is -0.341 e. The van der Waals surface area contributed by atoms with E-state index in [9.17, 15) is 14.0 Å². The lowest BCUT2D eigenvalue weighted by Crippen LogP contribution is -3.12. The predicted molar refractivity (Wildman–Crippen MR) is 69.1 cm³/mol. The van der Waals surface area contributed by atoms with Crippen LogP contribution >= 0.6 is 0 Å². The maximum absolute atomic E-state index is 13.1. The first kappa shape index (κ1) is 15.1. The zero-order valence-corrected chi connectivity index (χ0v) is 11.3. The number of imide groups is 1. The minimum absolute atomic E-state index is 0.298. The van der Waals surface area contributed by atoms with Gasteiger partial charge in [0.15, 0.2) is 6.04 Å². The first-order valence-electron chi connectivity index (χ1n) is 6.03. The van der Waals surface area contributed by atoms with Crippen LogP contribution in [0.4, 0.5) is 9.18 Å². The molecule has 0 radical (unpaired) electrons. The number of carbonyl (C=O) groups is 2. The van der Waals surface area contributed by atoms with E-state index in [2.05, 4.69) is 10.6 Å². The summed E-state index contributed by atoms with van der Waals surface area (Å²) < 4.78 is 13.1. The molecule has 0 heterocycles. The zero-order chi connectivity index (χ0) is 14.4. The van der Waals surface area contributed by atoms with E-state index in [1.807, 2.05) is 7.05 Å². The number of urea groups is 1. The summed E-state index contributed by atoms with van der Waals surface area (Å²) in [6.07, 6.45) is 0. The smallest absolute Gasteiger partial charge is 0.321 e. The van der Waals surface area contributed by atoms with Crippen molar-refractivity contribution in [2.24, 2.45) is 0 Å². The van der Waals surface area contributed by atoms with Crippen molar-refractivity contribution in [2.75, 3.05) is 14.1 Å². The lowest BCUT2D eigenvalue weighted by molar-refractivity contribution is -0.908. The summed E-state index contributed by atoms with van der Waals surface area (Å²) in [5, 5.41) is 4.54. The molecule has 0 aliphatic heterocycles.